The third kappa shape index (κ3) is 4.11. The Morgan fingerprint density at radius 1 is 1.21 bits per heavy atom. The van der Waals surface area contributed by atoms with Crippen LogP contribution >= 0.6 is 0 Å². The van der Waals surface area contributed by atoms with E-state index in [0.29, 0.717) is 0 Å². The second kappa shape index (κ2) is 4.30. The predicted molar refractivity (Wildman–Crippen MR) is 63.2 cm³/mol. The van der Waals surface area contributed by atoms with Crippen molar-refractivity contribution >= 4 is 6.08 Å². The largest absolute Gasteiger partial charge is 0.124 e. The zero-order valence-electron chi connectivity index (χ0n) is 9.46. The summed E-state index contributed by atoms with van der Waals surface area (Å²) >= 11 is 0. The molecule has 0 aliphatic rings. The second-order valence-corrected chi connectivity index (χ2v) is 4.74. The smallest absolute Gasteiger partial charge is 0.0127 e. The van der Waals surface area contributed by atoms with E-state index in [1.54, 1.807) is 0 Å². The first kappa shape index (κ1) is 10.8. The molecule has 0 radical (unpaired) electrons. The maximum atomic E-state index is 3.22. The lowest BCUT2D eigenvalue weighted by Crippen LogP contribution is -1.96. The lowest BCUT2D eigenvalue weighted by molar-refractivity contribution is 0.545. The fourth-order valence-electron chi connectivity index (χ4n) is 1.15. The number of rotatable bonds is 1. The zero-order valence-corrected chi connectivity index (χ0v) is 9.46. The Kier molecular flexibility index (Phi) is 3.33. The van der Waals surface area contributed by atoms with Crippen LogP contribution in [-0.2, 0) is 0 Å². The van der Waals surface area contributed by atoms with Gasteiger partial charge in [-0.3, -0.25) is 0 Å². The van der Waals surface area contributed by atoms with Gasteiger partial charge in [-0.2, -0.15) is 0 Å². The molecule has 1 aromatic carbocycles. The van der Waals surface area contributed by atoms with Gasteiger partial charge < -0.3 is 0 Å². The lowest BCUT2D eigenvalue weighted by atomic mass is 9.97. The Bertz CT molecular complexity index is 358. The van der Waals surface area contributed by atoms with E-state index in [1.807, 2.05) is 6.08 Å². The summed E-state index contributed by atoms with van der Waals surface area (Å²) in [5.74, 6) is 0. The first-order valence-corrected chi connectivity index (χ1v) is 4.98. The molecule has 0 heterocycles. The molecule has 0 aliphatic carbocycles. The Hall–Kier alpha value is -1.26. The molecule has 74 valence electrons. The van der Waals surface area contributed by atoms with Crippen molar-refractivity contribution in [2.45, 2.75) is 27.7 Å². The summed E-state index contributed by atoms with van der Waals surface area (Å²) in [4.78, 5) is 0. The molecule has 0 saturated carbocycles. The van der Waals surface area contributed by atoms with Crippen LogP contribution in [0.4, 0.5) is 0 Å². The number of benzene rings is 1. The molecular formula is C14H18. The summed E-state index contributed by atoms with van der Waals surface area (Å²) in [5, 5.41) is 0. The van der Waals surface area contributed by atoms with Gasteiger partial charge in [0.1, 0.15) is 0 Å². The van der Waals surface area contributed by atoms with E-state index in [-0.39, 0.29) is 5.41 Å². The number of hydrogen-bond donors (Lipinski definition) is 0. The molecule has 1 aromatic rings. The second-order valence-electron chi connectivity index (χ2n) is 4.74. The Morgan fingerprint density at radius 3 is 2.50 bits per heavy atom. The third-order valence-electron chi connectivity index (χ3n) is 1.81. The highest BCUT2D eigenvalue weighted by molar-refractivity contribution is 5.49. The quantitative estimate of drug-likeness (QED) is 0.576. The van der Waals surface area contributed by atoms with Crippen LogP contribution in [0.1, 0.15) is 31.9 Å². The summed E-state index contributed by atoms with van der Waals surface area (Å²) < 4.78 is 0. The average Bonchev–Trinajstić information content (AvgIpc) is 2.01. The standard InChI is InChI=1S/C14H18/c1-12-7-5-8-13(11-12)9-6-10-14(2,3)4/h5,7-11H,1-4H3. The number of allylic oxidation sites excluding steroid dienone is 1. The molecule has 0 aliphatic heterocycles. The third-order valence-corrected chi connectivity index (χ3v) is 1.81. The highest BCUT2D eigenvalue weighted by Crippen LogP contribution is 2.14. The van der Waals surface area contributed by atoms with Crippen LogP contribution in [0.15, 0.2) is 36.1 Å². The van der Waals surface area contributed by atoms with Gasteiger partial charge in [-0.25, -0.2) is 0 Å². The summed E-state index contributed by atoms with van der Waals surface area (Å²) in [5.41, 5.74) is 5.93. The van der Waals surface area contributed by atoms with Gasteiger partial charge in [-0.1, -0.05) is 50.6 Å². The normalized spacial score (nSPS) is 10.6. The molecule has 0 spiro atoms. The van der Waals surface area contributed by atoms with Crippen LogP contribution < -0.4 is 0 Å². The monoisotopic (exact) mass is 186 g/mol. The number of aryl methyl sites for hydroxylation is 1. The van der Waals surface area contributed by atoms with Gasteiger partial charge in [0.2, 0.25) is 0 Å². The SMILES string of the molecule is Cc1cccc(C=C=CC(C)(C)C)c1. The molecule has 0 fully saturated rings. The van der Waals surface area contributed by atoms with Crippen molar-refractivity contribution in [1.29, 1.82) is 0 Å². The van der Waals surface area contributed by atoms with Gasteiger partial charge >= 0.3 is 0 Å². The zero-order chi connectivity index (χ0) is 10.6. The molecule has 0 amide bonds. The Labute approximate surface area is 87.0 Å². The molecule has 0 atom stereocenters. The molecular weight excluding hydrogens is 168 g/mol. The molecule has 0 unspecified atom stereocenters. The summed E-state index contributed by atoms with van der Waals surface area (Å²) in [6, 6.07) is 8.42. The average molecular weight is 186 g/mol. The van der Waals surface area contributed by atoms with Crippen LogP contribution in [0.25, 0.3) is 6.08 Å². The molecule has 1 rings (SSSR count). The van der Waals surface area contributed by atoms with Gasteiger partial charge in [-0.05, 0) is 30.1 Å². The van der Waals surface area contributed by atoms with Crippen molar-refractivity contribution in [2.75, 3.05) is 0 Å². The van der Waals surface area contributed by atoms with E-state index in [1.165, 1.54) is 11.1 Å². The molecule has 0 heteroatoms. The highest BCUT2D eigenvalue weighted by atomic mass is 14.1. The van der Waals surface area contributed by atoms with Crippen LogP contribution in [0.2, 0.25) is 0 Å². The summed E-state index contributed by atoms with van der Waals surface area (Å²) in [6.45, 7) is 8.61. The van der Waals surface area contributed by atoms with E-state index >= 15 is 0 Å². The van der Waals surface area contributed by atoms with Crippen molar-refractivity contribution in [3.8, 4) is 0 Å². The molecule has 0 bridgehead atoms. The Balaban J connectivity index is 2.84. The molecule has 0 aromatic heterocycles. The van der Waals surface area contributed by atoms with Crippen molar-refractivity contribution in [1.82, 2.24) is 0 Å². The van der Waals surface area contributed by atoms with Crippen molar-refractivity contribution in [3.05, 3.63) is 47.2 Å². The first-order valence-electron chi connectivity index (χ1n) is 4.98. The summed E-state index contributed by atoms with van der Waals surface area (Å²) in [6.07, 6.45) is 4.12. The first-order chi connectivity index (χ1) is 6.47. The van der Waals surface area contributed by atoms with Gasteiger partial charge in [0.05, 0.1) is 0 Å². The van der Waals surface area contributed by atoms with Crippen molar-refractivity contribution in [3.63, 3.8) is 0 Å². The topological polar surface area (TPSA) is 0 Å². The van der Waals surface area contributed by atoms with Crippen molar-refractivity contribution in [2.24, 2.45) is 5.41 Å². The maximum absolute atomic E-state index is 3.22. The van der Waals surface area contributed by atoms with E-state index in [2.05, 4.69) is 63.8 Å². The predicted octanol–water partition coefficient (Wildman–Crippen LogP) is 4.21. The summed E-state index contributed by atoms with van der Waals surface area (Å²) in [7, 11) is 0. The van der Waals surface area contributed by atoms with Crippen LogP contribution in [0.5, 0.6) is 0 Å². The molecule has 0 N–H and O–H groups in total. The van der Waals surface area contributed by atoms with Gasteiger partial charge in [0.15, 0.2) is 0 Å². The minimum atomic E-state index is 0.209. The minimum Gasteiger partial charge on any atom is -0.124 e. The minimum absolute atomic E-state index is 0.209. The molecule has 0 nitrogen and oxygen atoms in total. The fourth-order valence-corrected chi connectivity index (χ4v) is 1.15. The van der Waals surface area contributed by atoms with E-state index < -0.39 is 0 Å². The molecule has 14 heavy (non-hydrogen) atoms. The van der Waals surface area contributed by atoms with Gasteiger partial charge in [0, 0.05) is 0 Å². The van der Waals surface area contributed by atoms with E-state index in [4.69, 9.17) is 0 Å². The van der Waals surface area contributed by atoms with Crippen LogP contribution in [0.3, 0.4) is 0 Å². The van der Waals surface area contributed by atoms with Crippen LogP contribution in [-0.4, -0.2) is 0 Å². The maximum Gasteiger partial charge on any atom is -0.0127 e. The fraction of sp³-hybridized carbons (Fsp3) is 0.357. The van der Waals surface area contributed by atoms with Crippen LogP contribution in [0, 0.1) is 12.3 Å². The Morgan fingerprint density at radius 2 is 1.93 bits per heavy atom. The highest BCUT2D eigenvalue weighted by Gasteiger charge is 2.01. The van der Waals surface area contributed by atoms with E-state index in [9.17, 15) is 0 Å². The lowest BCUT2D eigenvalue weighted by Gasteiger charge is -2.08. The number of hydrogen-bond acceptors (Lipinski definition) is 0. The van der Waals surface area contributed by atoms with Crippen molar-refractivity contribution < 1.29 is 0 Å². The van der Waals surface area contributed by atoms with E-state index in [0.717, 1.165) is 0 Å². The van der Waals surface area contributed by atoms with Gasteiger partial charge in [-0.15, -0.1) is 5.73 Å². The van der Waals surface area contributed by atoms with Gasteiger partial charge in [0.25, 0.3) is 0 Å². The molecule has 0 saturated heterocycles.